The molecule has 0 atom stereocenters. The zero-order valence-electron chi connectivity index (χ0n) is 9.28. The van der Waals surface area contributed by atoms with Crippen molar-refractivity contribution in [1.82, 2.24) is 10.2 Å². The monoisotopic (exact) mass is 198 g/mol. The lowest BCUT2D eigenvalue weighted by Crippen LogP contribution is -1.93. The smallest absolute Gasteiger partial charge is 0.0934 e. The molecule has 2 nitrogen and oxygen atoms in total. The van der Waals surface area contributed by atoms with Gasteiger partial charge in [0.15, 0.2) is 0 Å². The summed E-state index contributed by atoms with van der Waals surface area (Å²) < 4.78 is 0. The Morgan fingerprint density at radius 3 is 2.20 bits per heavy atom. The van der Waals surface area contributed by atoms with Crippen molar-refractivity contribution in [2.75, 3.05) is 0 Å². The molecule has 0 unspecified atom stereocenters. The molecule has 2 aromatic rings. The maximum atomic E-state index is 4.15. The first-order valence-electron chi connectivity index (χ1n) is 5.04. The summed E-state index contributed by atoms with van der Waals surface area (Å²) in [6.07, 6.45) is 1.70. The Labute approximate surface area is 90.0 Å². The van der Waals surface area contributed by atoms with E-state index in [0.29, 0.717) is 0 Å². The molecule has 1 aromatic heterocycles. The van der Waals surface area contributed by atoms with Gasteiger partial charge in [0.1, 0.15) is 0 Å². The van der Waals surface area contributed by atoms with Crippen molar-refractivity contribution in [3.05, 3.63) is 47.2 Å². The van der Waals surface area contributed by atoms with E-state index in [2.05, 4.69) is 43.1 Å². The highest BCUT2D eigenvalue weighted by molar-refractivity contribution is 5.67. The number of benzene rings is 1. The summed E-state index contributed by atoms with van der Waals surface area (Å²) in [6, 6.07) is 8.27. The van der Waals surface area contributed by atoms with Gasteiger partial charge in [-0.05, 0) is 44.0 Å². The topological polar surface area (TPSA) is 25.8 Å². The molecule has 0 saturated carbocycles. The van der Waals surface area contributed by atoms with Crippen LogP contribution in [-0.4, -0.2) is 10.2 Å². The van der Waals surface area contributed by atoms with E-state index in [1.807, 2.05) is 12.1 Å². The fourth-order valence-electron chi connectivity index (χ4n) is 2.02. The largest absolute Gasteiger partial charge is 0.159 e. The summed E-state index contributed by atoms with van der Waals surface area (Å²) in [5, 5.41) is 8.07. The Morgan fingerprint density at radius 2 is 1.67 bits per heavy atom. The Kier molecular flexibility index (Phi) is 2.50. The van der Waals surface area contributed by atoms with Crippen LogP contribution >= 0.6 is 0 Å². The van der Waals surface area contributed by atoms with Gasteiger partial charge < -0.3 is 0 Å². The molecule has 0 N–H and O–H groups in total. The van der Waals surface area contributed by atoms with Gasteiger partial charge in [0.25, 0.3) is 0 Å². The van der Waals surface area contributed by atoms with Crippen LogP contribution in [0.3, 0.4) is 0 Å². The normalized spacial score (nSPS) is 10.3. The van der Waals surface area contributed by atoms with Gasteiger partial charge in [-0.1, -0.05) is 17.7 Å². The molecule has 15 heavy (non-hydrogen) atoms. The van der Waals surface area contributed by atoms with E-state index >= 15 is 0 Å². The van der Waals surface area contributed by atoms with Crippen LogP contribution in [0, 0.1) is 20.8 Å². The average Bonchev–Trinajstić information content (AvgIpc) is 2.17. The van der Waals surface area contributed by atoms with Crippen LogP contribution < -0.4 is 0 Å². The molecule has 0 aliphatic rings. The van der Waals surface area contributed by atoms with Crippen molar-refractivity contribution in [1.29, 1.82) is 0 Å². The number of nitrogens with zero attached hydrogens (tertiary/aromatic N) is 2. The first kappa shape index (κ1) is 9.84. The van der Waals surface area contributed by atoms with Gasteiger partial charge in [-0.25, -0.2) is 0 Å². The van der Waals surface area contributed by atoms with Crippen molar-refractivity contribution < 1.29 is 0 Å². The maximum absolute atomic E-state index is 4.15. The Morgan fingerprint density at radius 1 is 1.00 bits per heavy atom. The van der Waals surface area contributed by atoms with Gasteiger partial charge in [-0.3, -0.25) is 0 Å². The molecule has 76 valence electrons. The standard InChI is InChI=1S/C13H14N2/c1-9-7-10(2)13(11(3)8-9)12-5-4-6-14-15-12/h4-8H,1-3H3. The van der Waals surface area contributed by atoms with E-state index in [4.69, 9.17) is 0 Å². The minimum absolute atomic E-state index is 0.951. The SMILES string of the molecule is Cc1cc(C)c(-c2cccnn2)c(C)c1. The highest BCUT2D eigenvalue weighted by Gasteiger charge is 2.07. The van der Waals surface area contributed by atoms with Gasteiger partial charge in [-0.2, -0.15) is 10.2 Å². The van der Waals surface area contributed by atoms with E-state index in [-0.39, 0.29) is 0 Å². The second-order valence-electron chi connectivity index (χ2n) is 3.88. The van der Waals surface area contributed by atoms with E-state index in [1.54, 1.807) is 6.20 Å². The molecule has 1 aromatic carbocycles. The van der Waals surface area contributed by atoms with Gasteiger partial charge in [0.05, 0.1) is 5.69 Å². The first-order valence-corrected chi connectivity index (χ1v) is 5.04. The molecule has 2 heteroatoms. The van der Waals surface area contributed by atoms with Crippen molar-refractivity contribution in [3.63, 3.8) is 0 Å². The van der Waals surface area contributed by atoms with Crippen LogP contribution in [0.5, 0.6) is 0 Å². The third-order valence-corrected chi connectivity index (χ3v) is 2.51. The fourth-order valence-corrected chi connectivity index (χ4v) is 2.02. The maximum Gasteiger partial charge on any atom is 0.0934 e. The van der Waals surface area contributed by atoms with Crippen molar-refractivity contribution in [2.24, 2.45) is 0 Å². The number of hydrogen-bond acceptors (Lipinski definition) is 2. The highest BCUT2D eigenvalue weighted by atomic mass is 15.1. The molecule has 2 rings (SSSR count). The van der Waals surface area contributed by atoms with E-state index < -0.39 is 0 Å². The van der Waals surface area contributed by atoms with E-state index in [1.165, 1.54) is 22.3 Å². The summed E-state index contributed by atoms with van der Waals surface area (Å²) in [4.78, 5) is 0. The number of aryl methyl sites for hydroxylation is 3. The molecular formula is C13H14N2. The van der Waals surface area contributed by atoms with Crippen LogP contribution in [0.2, 0.25) is 0 Å². The second-order valence-corrected chi connectivity index (χ2v) is 3.88. The quantitative estimate of drug-likeness (QED) is 0.703. The van der Waals surface area contributed by atoms with Crippen molar-refractivity contribution in [2.45, 2.75) is 20.8 Å². The zero-order chi connectivity index (χ0) is 10.8. The third kappa shape index (κ3) is 1.89. The molecule has 0 aliphatic carbocycles. The van der Waals surface area contributed by atoms with Crippen LogP contribution in [0.4, 0.5) is 0 Å². The molecule has 1 heterocycles. The summed E-state index contributed by atoms with van der Waals surface area (Å²) >= 11 is 0. The van der Waals surface area contributed by atoms with Gasteiger partial charge in [-0.15, -0.1) is 0 Å². The minimum Gasteiger partial charge on any atom is -0.159 e. The number of aromatic nitrogens is 2. The van der Waals surface area contributed by atoms with Crippen LogP contribution in [0.25, 0.3) is 11.3 Å². The summed E-state index contributed by atoms with van der Waals surface area (Å²) in [5.74, 6) is 0. The summed E-state index contributed by atoms with van der Waals surface area (Å²) in [5.41, 5.74) is 5.96. The number of hydrogen-bond donors (Lipinski definition) is 0. The lowest BCUT2D eigenvalue weighted by Gasteiger charge is -2.09. The van der Waals surface area contributed by atoms with E-state index in [0.717, 1.165) is 5.69 Å². The van der Waals surface area contributed by atoms with Crippen LogP contribution in [-0.2, 0) is 0 Å². The molecule has 0 fully saturated rings. The van der Waals surface area contributed by atoms with Gasteiger partial charge in [0.2, 0.25) is 0 Å². The Bertz CT molecular complexity index is 452. The average molecular weight is 198 g/mol. The van der Waals surface area contributed by atoms with Gasteiger partial charge in [0, 0.05) is 11.8 Å². The summed E-state index contributed by atoms with van der Waals surface area (Å²) in [6.45, 7) is 6.34. The molecule has 0 spiro atoms. The van der Waals surface area contributed by atoms with Crippen molar-refractivity contribution >= 4 is 0 Å². The number of rotatable bonds is 1. The third-order valence-electron chi connectivity index (χ3n) is 2.51. The van der Waals surface area contributed by atoms with E-state index in [9.17, 15) is 0 Å². The minimum atomic E-state index is 0.951. The molecule has 0 bridgehead atoms. The Hall–Kier alpha value is -1.70. The highest BCUT2D eigenvalue weighted by Crippen LogP contribution is 2.25. The summed E-state index contributed by atoms with van der Waals surface area (Å²) in [7, 11) is 0. The first-order chi connectivity index (χ1) is 7.18. The van der Waals surface area contributed by atoms with Crippen molar-refractivity contribution in [3.8, 4) is 11.3 Å². The molecule has 0 amide bonds. The lowest BCUT2D eigenvalue weighted by molar-refractivity contribution is 1.03. The molecular weight excluding hydrogens is 184 g/mol. The fraction of sp³-hybridized carbons (Fsp3) is 0.231. The predicted molar refractivity (Wildman–Crippen MR) is 61.7 cm³/mol. The van der Waals surface area contributed by atoms with Crippen LogP contribution in [0.1, 0.15) is 16.7 Å². The predicted octanol–water partition coefficient (Wildman–Crippen LogP) is 3.07. The zero-order valence-corrected chi connectivity index (χ0v) is 9.28. The van der Waals surface area contributed by atoms with Crippen LogP contribution in [0.15, 0.2) is 30.5 Å². The molecule has 0 aliphatic heterocycles. The molecule has 0 radical (unpaired) electrons. The lowest BCUT2D eigenvalue weighted by atomic mass is 9.97. The second kappa shape index (κ2) is 3.81. The van der Waals surface area contributed by atoms with Gasteiger partial charge >= 0.3 is 0 Å². The molecule has 0 saturated heterocycles. The Balaban J connectivity index is 2.64.